The second kappa shape index (κ2) is 12.7. The van der Waals surface area contributed by atoms with Gasteiger partial charge < -0.3 is 9.47 Å². The Morgan fingerprint density at radius 1 is 0.962 bits per heavy atom. The van der Waals surface area contributed by atoms with Gasteiger partial charge in [0.2, 0.25) is 4.99 Å². The number of quaternary nitrogens is 1. The number of rotatable bonds is 12. The van der Waals surface area contributed by atoms with Gasteiger partial charge in [-0.3, -0.25) is 9.59 Å². The molecule has 0 fully saturated rings. The Bertz CT molecular complexity index is 458. The molecule has 0 aliphatic rings. The van der Waals surface area contributed by atoms with Gasteiger partial charge in [-0.25, -0.2) is 3.89 Å². The maximum Gasteiger partial charge on any atom is 0.320 e. The molecular formula is C19H36NO4S2+. The first kappa shape index (κ1) is 25.3. The van der Waals surface area contributed by atoms with E-state index in [1.807, 2.05) is 41.5 Å². The van der Waals surface area contributed by atoms with Crippen LogP contribution in [0.25, 0.3) is 0 Å². The lowest BCUT2D eigenvalue weighted by Crippen LogP contribution is -2.57. The van der Waals surface area contributed by atoms with Crippen LogP contribution in [0.5, 0.6) is 0 Å². The molecule has 5 nitrogen and oxygen atoms in total. The minimum Gasteiger partial charge on any atom is -0.466 e. The summed E-state index contributed by atoms with van der Waals surface area (Å²) in [5.74, 6) is -1.72. The summed E-state index contributed by atoms with van der Waals surface area (Å²) in [6.45, 7) is 12.7. The van der Waals surface area contributed by atoms with Crippen LogP contribution in [0.3, 0.4) is 0 Å². The minimum absolute atomic E-state index is 0.0490. The van der Waals surface area contributed by atoms with E-state index >= 15 is 0 Å². The van der Waals surface area contributed by atoms with E-state index in [1.54, 1.807) is 0 Å². The van der Waals surface area contributed by atoms with Crippen LogP contribution in [-0.4, -0.2) is 46.1 Å². The quantitative estimate of drug-likeness (QED) is 0.170. The Balaban J connectivity index is 5.38. The molecule has 0 aliphatic heterocycles. The summed E-state index contributed by atoms with van der Waals surface area (Å²) in [4.78, 5) is 25.3. The van der Waals surface area contributed by atoms with E-state index in [1.165, 1.54) is 0 Å². The van der Waals surface area contributed by atoms with E-state index in [2.05, 4.69) is 0 Å². The van der Waals surface area contributed by atoms with Gasteiger partial charge >= 0.3 is 11.9 Å². The average molecular weight is 407 g/mol. The third-order valence-electron chi connectivity index (χ3n) is 4.38. The summed E-state index contributed by atoms with van der Waals surface area (Å²) in [5, 5.41) is 0. The first-order valence-electron chi connectivity index (χ1n) is 9.60. The van der Waals surface area contributed by atoms with Crippen molar-refractivity contribution < 1.29 is 23.0 Å². The van der Waals surface area contributed by atoms with E-state index in [-0.39, 0.29) is 22.4 Å². The molecule has 0 saturated heterocycles. The number of esters is 2. The van der Waals surface area contributed by atoms with E-state index in [0.717, 1.165) is 25.7 Å². The zero-order valence-electron chi connectivity index (χ0n) is 17.1. The molecule has 0 bridgehead atoms. The highest BCUT2D eigenvalue weighted by molar-refractivity contribution is 7.82. The molecule has 0 radical (unpaired) electrons. The highest BCUT2D eigenvalue weighted by atomic mass is 32.1. The number of thiol groups is 1. The van der Waals surface area contributed by atoms with E-state index < -0.39 is 17.9 Å². The Labute approximate surface area is 169 Å². The fourth-order valence-electron chi connectivity index (χ4n) is 2.60. The zero-order valence-corrected chi connectivity index (χ0v) is 18.8. The van der Waals surface area contributed by atoms with Crippen molar-refractivity contribution in [2.24, 2.45) is 5.92 Å². The highest BCUT2D eigenvalue weighted by Gasteiger charge is 2.45. The van der Waals surface area contributed by atoms with Crippen molar-refractivity contribution in [2.75, 3.05) is 13.2 Å². The second-order valence-corrected chi connectivity index (χ2v) is 8.20. The van der Waals surface area contributed by atoms with E-state index in [9.17, 15) is 9.59 Å². The van der Waals surface area contributed by atoms with Gasteiger partial charge in [0.25, 0.3) is 0 Å². The van der Waals surface area contributed by atoms with Crippen LogP contribution in [0, 0.1) is 5.92 Å². The molecule has 0 aromatic carbocycles. The van der Waals surface area contributed by atoms with Crippen molar-refractivity contribution in [3.05, 3.63) is 0 Å². The predicted molar refractivity (Wildman–Crippen MR) is 112 cm³/mol. The largest absolute Gasteiger partial charge is 0.466 e. The first-order valence-corrected chi connectivity index (χ1v) is 10.4. The number of hydrogen-bond acceptors (Lipinski definition) is 6. The maximum atomic E-state index is 12.7. The summed E-state index contributed by atoms with van der Waals surface area (Å²) in [5.41, 5.74) is 0. The lowest BCUT2D eigenvalue weighted by Gasteiger charge is -2.40. The zero-order chi connectivity index (χ0) is 20.3. The van der Waals surface area contributed by atoms with Crippen molar-refractivity contribution >= 4 is 42.0 Å². The molecule has 7 heteroatoms. The van der Waals surface area contributed by atoms with Crippen molar-refractivity contribution in [1.82, 2.24) is 0 Å². The van der Waals surface area contributed by atoms with Gasteiger partial charge in [0.15, 0.2) is 5.92 Å². The number of nitrogens with zero attached hydrogens (tertiary/aromatic N) is 1. The summed E-state index contributed by atoms with van der Waals surface area (Å²) >= 11 is 10.5. The van der Waals surface area contributed by atoms with Crippen LogP contribution in [0.4, 0.5) is 0 Å². The maximum absolute atomic E-state index is 12.7. The van der Waals surface area contributed by atoms with Gasteiger partial charge in [-0.05, 0) is 52.8 Å². The van der Waals surface area contributed by atoms with Gasteiger partial charge in [-0.15, -0.1) is 0 Å². The van der Waals surface area contributed by atoms with Crippen LogP contribution in [0.1, 0.15) is 73.6 Å². The predicted octanol–water partition coefficient (Wildman–Crippen LogP) is 4.49. The Morgan fingerprint density at radius 2 is 1.42 bits per heavy atom. The molecule has 0 rings (SSSR count). The fourth-order valence-corrected chi connectivity index (χ4v) is 3.34. The van der Waals surface area contributed by atoms with E-state index in [0.29, 0.717) is 18.2 Å². The van der Waals surface area contributed by atoms with Crippen molar-refractivity contribution in [3.8, 4) is 0 Å². The monoisotopic (exact) mass is 406 g/mol. The normalized spacial score (nSPS) is 13.0. The summed E-state index contributed by atoms with van der Waals surface area (Å²) in [6.07, 6.45) is 3.33. The summed E-state index contributed by atoms with van der Waals surface area (Å²) < 4.78 is 10.7. The lowest BCUT2D eigenvalue weighted by molar-refractivity contribution is -0.746. The molecule has 1 atom stereocenters. The molecular weight excluding hydrogens is 370 g/mol. The van der Waals surface area contributed by atoms with Crippen LogP contribution < -0.4 is 0 Å². The number of carbonyl (C=O) groups excluding carboxylic acids is 2. The molecule has 26 heavy (non-hydrogen) atoms. The van der Waals surface area contributed by atoms with Crippen LogP contribution in [0.2, 0.25) is 0 Å². The number of ether oxygens (including phenoxy) is 2. The topological polar surface area (TPSA) is 52.6 Å². The number of carbonyl (C=O) groups is 2. The average Bonchev–Trinajstić information content (AvgIpc) is 2.58. The number of thiocarbonyl (C=S) groups is 1. The fraction of sp³-hybridized carbons (Fsp3) is 0.842. The van der Waals surface area contributed by atoms with Crippen molar-refractivity contribution in [1.29, 1.82) is 0 Å². The number of hydrogen-bond donors (Lipinski definition) is 1. The molecule has 0 aliphatic carbocycles. The molecule has 0 saturated carbocycles. The van der Waals surface area contributed by atoms with E-state index in [4.69, 9.17) is 34.5 Å². The Kier molecular flexibility index (Phi) is 12.4. The summed E-state index contributed by atoms with van der Waals surface area (Å²) in [6, 6.07) is 0.0979. The molecule has 0 amide bonds. The van der Waals surface area contributed by atoms with Gasteiger partial charge in [-0.1, -0.05) is 26.7 Å². The first-order chi connectivity index (χ1) is 12.1. The summed E-state index contributed by atoms with van der Waals surface area (Å²) in [7, 11) is 0. The van der Waals surface area contributed by atoms with Crippen LogP contribution in [-0.2, 0) is 19.1 Å². The van der Waals surface area contributed by atoms with Gasteiger partial charge in [0, 0.05) is 0 Å². The molecule has 0 spiro atoms. The van der Waals surface area contributed by atoms with Crippen molar-refractivity contribution in [2.45, 2.75) is 85.7 Å². The Hall–Kier alpha value is -0.660. The SMILES string of the molecule is CCCCOC(=O)CC(C(=O)OCCCC)C(=S)[N+](S)(C(C)C)C(C)C. The van der Waals surface area contributed by atoms with Crippen molar-refractivity contribution in [3.63, 3.8) is 0 Å². The molecule has 0 aromatic heterocycles. The van der Waals surface area contributed by atoms with Gasteiger partial charge in [0.1, 0.15) is 0 Å². The van der Waals surface area contributed by atoms with Crippen LogP contribution >= 0.6 is 25.0 Å². The molecule has 0 aromatic rings. The smallest absolute Gasteiger partial charge is 0.320 e. The minimum atomic E-state index is -0.835. The van der Waals surface area contributed by atoms with Gasteiger partial charge in [-0.2, -0.15) is 0 Å². The standard InChI is InChI=1S/C19H36NO4S2/c1-7-9-11-23-17(21)13-16(19(22)24-12-10-8-2)18(25)20(26,14(3)4)15(5)6/h14-16,26H,7-13H2,1-6H3/q+1. The second-order valence-electron chi connectivity index (χ2n) is 7.12. The van der Waals surface area contributed by atoms with Crippen LogP contribution in [0.15, 0.2) is 0 Å². The molecule has 0 N–H and O–H groups in total. The highest BCUT2D eigenvalue weighted by Crippen LogP contribution is 2.30. The lowest BCUT2D eigenvalue weighted by atomic mass is 10.0. The third-order valence-corrected chi connectivity index (χ3v) is 6.25. The number of unbranched alkanes of at least 4 members (excludes halogenated alkanes) is 2. The third kappa shape index (κ3) is 7.53. The molecule has 152 valence electrons. The van der Waals surface area contributed by atoms with Gasteiger partial charge in [0.05, 0.1) is 44.5 Å². The molecule has 1 unspecified atom stereocenters. The Morgan fingerprint density at radius 3 is 1.85 bits per heavy atom. The molecule has 0 heterocycles.